The zero-order chi connectivity index (χ0) is 18.1. The number of likely N-dealkylation sites (tertiary alicyclic amines) is 1. The van der Waals surface area contributed by atoms with Gasteiger partial charge in [0, 0.05) is 48.6 Å². The minimum atomic E-state index is 0. The summed E-state index contributed by atoms with van der Waals surface area (Å²) >= 11 is 9.60. The normalized spacial score (nSPS) is 14.3. The maximum Gasteiger partial charge on any atom is 0.222 e. The zero-order valence-corrected chi connectivity index (χ0v) is 19.7. The number of halogens is 3. The third kappa shape index (κ3) is 8.00. The summed E-state index contributed by atoms with van der Waals surface area (Å²) in [6.07, 6.45) is 3.44. The van der Waals surface area contributed by atoms with Crippen LogP contribution in [0, 0.1) is 0 Å². The first-order valence-electron chi connectivity index (χ1n) is 8.84. The summed E-state index contributed by atoms with van der Waals surface area (Å²) in [5.41, 5.74) is 1.17. The summed E-state index contributed by atoms with van der Waals surface area (Å²) in [6.45, 7) is 6.05. The van der Waals surface area contributed by atoms with Crippen LogP contribution in [-0.4, -0.2) is 49.5 Å². The predicted molar refractivity (Wildman–Crippen MR) is 123 cm³/mol. The molecule has 1 amide bonds. The van der Waals surface area contributed by atoms with E-state index in [0.29, 0.717) is 13.0 Å². The molecule has 1 heterocycles. The van der Waals surface area contributed by atoms with Crippen molar-refractivity contribution in [2.45, 2.75) is 32.6 Å². The number of hydrogen-bond acceptors (Lipinski definition) is 2. The summed E-state index contributed by atoms with van der Waals surface area (Å²) in [5, 5.41) is 7.35. The third-order valence-corrected chi connectivity index (χ3v) is 5.07. The van der Waals surface area contributed by atoms with Gasteiger partial charge in [0.2, 0.25) is 5.91 Å². The molecule has 2 N–H and O–H groups in total. The van der Waals surface area contributed by atoms with Crippen LogP contribution < -0.4 is 10.6 Å². The van der Waals surface area contributed by atoms with E-state index in [1.54, 1.807) is 0 Å². The molecule has 146 valence electrons. The van der Waals surface area contributed by atoms with Gasteiger partial charge in [0.1, 0.15) is 0 Å². The highest BCUT2D eigenvalue weighted by Gasteiger charge is 2.18. The van der Waals surface area contributed by atoms with Crippen molar-refractivity contribution in [3.8, 4) is 0 Å². The van der Waals surface area contributed by atoms with Crippen molar-refractivity contribution in [2.24, 2.45) is 4.99 Å². The topological polar surface area (TPSA) is 56.7 Å². The van der Waals surface area contributed by atoms with E-state index in [1.165, 1.54) is 5.56 Å². The van der Waals surface area contributed by atoms with Gasteiger partial charge in [0.05, 0.1) is 0 Å². The van der Waals surface area contributed by atoms with E-state index < -0.39 is 0 Å². The van der Waals surface area contributed by atoms with E-state index in [-0.39, 0.29) is 29.9 Å². The monoisotopic (exact) mass is 556 g/mol. The summed E-state index contributed by atoms with van der Waals surface area (Å²) in [7, 11) is 0. The second-order valence-electron chi connectivity index (χ2n) is 6.01. The Labute approximate surface area is 186 Å². The Balaban J connectivity index is 0.00000338. The molecule has 0 radical (unpaired) electrons. The van der Waals surface area contributed by atoms with Gasteiger partial charge in [-0.25, -0.2) is 0 Å². The van der Waals surface area contributed by atoms with Crippen LogP contribution in [0.3, 0.4) is 0 Å². The van der Waals surface area contributed by atoms with Crippen molar-refractivity contribution in [2.75, 3.05) is 32.7 Å². The lowest BCUT2D eigenvalue weighted by Crippen LogP contribution is -2.38. The van der Waals surface area contributed by atoms with Gasteiger partial charge in [-0.3, -0.25) is 9.79 Å². The van der Waals surface area contributed by atoms with Crippen molar-refractivity contribution >= 4 is 63.4 Å². The van der Waals surface area contributed by atoms with E-state index >= 15 is 0 Å². The van der Waals surface area contributed by atoms with Gasteiger partial charge in [-0.1, -0.05) is 27.5 Å². The number of aliphatic imine (C=N–C) groups is 1. The van der Waals surface area contributed by atoms with E-state index in [4.69, 9.17) is 11.6 Å². The molecule has 1 aromatic rings. The van der Waals surface area contributed by atoms with Crippen molar-refractivity contribution in [1.29, 1.82) is 0 Å². The number of benzene rings is 1. The molecule has 0 unspecified atom stereocenters. The van der Waals surface area contributed by atoms with E-state index in [1.807, 2.05) is 30.0 Å². The van der Waals surface area contributed by atoms with Gasteiger partial charge >= 0.3 is 0 Å². The number of amides is 1. The molecular weight excluding hydrogens is 530 g/mol. The first kappa shape index (κ1) is 23.5. The molecule has 1 aliphatic rings. The fraction of sp³-hybridized carbons (Fsp3) is 0.556. The molecule has 0 atom stereocenters. The SMILES string of the molecule is CCNC(=NCCCN1CCCC1=O)NCCc1cc(Cl)ccc1Br.I. The van der Waals surface area contributed by atoms with Gasteiger partial charge in [-0.15, -0.1) is 24.0 Å². The van der Waals surface area contributed by atoms with E-state index in [0.717, 1.165) is 60.9 Å². The summed E-state index contributed by atoms with van der Waals surface area (Å²) in [4.78, 5) is 18.1. The lowest BCUT2D eigenvalue weighted by molar-refractivity contribution is -0.127. The molecule has 0 bridgehead atoms. The maximum absolute atomic E-state index is 11.6. The molecule has 0 aliphatic carbocycles. The molecule has 1 fully saturated rings. The standard InChI is InChI=1S/C18H26BrClN4O.HI/c1-2-21-18(22-9-4-12-24-11-3-5-17(24)25)23-10-8-14-13-15(20)6-7-16(14)19;/h6-7,13H,2-5,8-12H2,1H3,(H2,21,22,23);1H. The molecule has 1 saturated heterocycles. The Kier molecular flexibility index (Phi) is 11.5. The van der Waals surface area contributed by atoms with Gasteiger partial charge in [-0.2, -0.15) is 0 Å². The first-order chi connectivity index (χ1) is 12.1. The van der Waals surface area contributed by atoms with Crippen molar-refractivity contribution in [3.63, 3.8) is 0 Å². The molecular formula is C18H27BrClIN4O. The van der Waals surface area contributed by atoms with Gasteiger partial charge < -0.3 is 15.5 Å². The summed E-state index contributed by atoms with van der Waals surface area (Å²) in [6, 6.07) is 5.82. The fourth-order valence-electron chi connectivity index (χ4n) is 2.79. The molecule has 2 rings (SSSR count). The minimum absolute atomic E-state index is 0. The van der Waals surface area contributed by atoms with Crippen LogP contribution in [0.1, 0.15) is 31.7 Å². The Morgan fingerprint density at radius 1 is 1.38 bits per heavy atom. The number of rotatable bonds is 8. The first-order valence-corrected chi connectivity index (χ1v) is 10.0. The Bertz CT molecular complexity index is 615. The highest BCUT2D eigenvalue weighted by Crippen LogP contribution is 2.21. The molecule has 26 heavy (non-hydrogen) atoms. The Hall–Kier alpha value is -0.540. The number of guanidine groups is 1. The number of nitrogens with one attached hydrogen (secondary N) is 2. The Morgan fingerprint density at radius 3 is 2.88 bits per heavy atom. The number of hydrogen-bond donors (Lipinski definition) is 2. The second-order valence-corrected chi connectivity index (χ2v) is 7.30. The predicted octanol–water partition coefficient (Wildman–Crippen LogP) is 3.83. The van der Waals surface area contributed by atoms with Crippen LogP contribution in [0.15, 0.2) is 27.7 Å². The second kappa shape index (κ2) is 12.8. The smallest absolute Gasteiger partial charge is 0.222 e. The molecule has 1 aliphatic heterocycles. The van der Waals surface area contributed by atoms with Crippen LogP contribution >= 0.6 is 51.5 Å². The average molecular weight is 558 g/mol. The number of carbonyl (C=O) groups excluding carboxylic acids is 1. The minimum Gasteiger partial charge on any atom is -0.357 e. The highest BCUT2D eigenvalue weighted by molar-refractivity contribution is 14.0. The third-order valence-electron chi connectivity index (χ3n) is 4.07. The van der Waals surface area contributed by atoms with Crippen LogP contribution in [0.4, 0.5) is 0 Å². The molecule has 0 saturated carbocycles. The van der Waals surface area contributed by atoms with Gasteiger partial charge in [0.15, 0.2) is 5.96 Å². The van der Waals surface area contributed by atoms with Crippen molar-refractivity contribution in [1.82, 2.24) is 15.5 Å². The van der Waals surface area contributed by atoms with Crippen molar-refractivity contribution in [3.05, 3.63) is 33.3 Å². The molecule has 8 heteroatoms. The maximum atomic E-state index is 11.6. The van der Waals surface area contributed by atoms with E-state index in [2.05, 4.69) is 31.6 Å². The molecule has 1 aromatic carbocycles. The average Bonchev–Trinajstić information content (AvgIpc) is 2.99. The van der Waals surface area contributed by atoms with Crippen LogP contribution in [-0.2, 0) is 11.2 Å². The van der Waals surface area contributed by atoms with Gasteiger partial charge in [0.25, 0.3) is 0 Å². The highest BCUT2D eigenvalue weighted by atomic mass is 127. The lowest BCUT2D eigenvalue weighted by atomic mass is 10.1. The number of carbonyl (C=O) groups is 1. The summed E-state index contributed by atoms with van der Waals surface area (Å²) in [5.74, 6) is 1.09. The van der Waals surface area contributed by atoms with E-state index in [9.17, 15) is 4.79 Å². The summed E-state index contributed by atoms with van der Waals surface area (Å²) < 4.78 is 1.07. The lowest BCUT2D eigenvalue weighted by Gasteiger charge is -2.15. The van der Waals surface area contributed by atoms with Crippen LogP contribution in [0.25, 0.3) is 0 Å². The largest absolute Gasteiger partial charge is 0.357 e. The molecule has 0 aromatic heterocycles. The van der Waals surface area contributed by atoms with Gasteiger partial charge in [-0.05, 0) is 49.9 Å². The fourth-order valence-corrected chi connectivity index (χ4v) is 3.42. The zero-order valence-electron chi connectivity index (χ0n) is 15.1. The molecule has 5 nitrogen and oxygen atoms in total. The quantitative estimate of drug-likeness (QED) is 0.221. The Morgan fingerprint density at radius 2 is 2.19 bits per heavy atom. The number of nitrogens with zero attached hydrogens (tertiary/aromatic N) is 2. The van der Waals surface area contributed by atoms with Crippen LogP contribution in [0.5, 0.6) is 0 Å². The van der Waals surface area contributed by atoms with Crippen molar-refractivity contribution < 1.29 is 4.79 Å². The van der Waals surface area contributed by atoms with Crippen LogP contribution in [0.2, 0.25) is 5.02 Å². The molecule has 0 spiro atoms.